The Kier molecular flexibility index (Phi) is 5.21. The van der Waals surface area contributed by atoms with Crippen LogP contribution < -0.4 is 10.6 Å². The Balaban J connectivity index is 1.48. The minimum Gasteiger partial charge on any atom is -0.317 e. The summed E-state index contributed by atoms with van der Waals surface area (Å²) in [7, 11) is 0. The number of carbonyl (C=O) groups excluding carboxylic acids is 1. The zero-order valence-corrected chi connectivity index (χ0v) is 15.9. The first-order valence-corrected chi connectivity index (χ1v) is 9.81. The van der Waals surface area contributed by atoms with E-state index in [1.165, 1.54) is 11.3 Å². The van der Waals surface area contributed by atoms with E-state index < -0.39 is 0 Å². The Morgan fingerprint density at radius 2 is 2.07 bits per heavy atom. The number of aromatic nitrogens is 5. The first kappa shape index (κ1) is 17.7. The molecule has 0 bridgehead atoms. The maximum absolute atomic E-state index is 12.8. The van der Waals surface area contributed by atoms with Crippen LogP contribution >= 0.6 is 11.3 Å². The highest BCUT2D eigenvalue weighted by Gasteiger charge is 2.20. The van der Waals surface area contributed by atoms with E-state index in [4.69, 9.17) is 0 Å². The number of aryl methyl sites for hydroxylation is 1. The Hall–Kier alpha value is -2.65. The molecule has 4 heterocycles. The topological polar surface area (TPSA) is 97.6 Å². The molecule has 0 aromatic carbocycles. The second-order valence-electron chi connectivity index (χ2n) is 6.55. The van der Waals surface area contributed by atoms with Gasteiger partial charge >= 0.3 is 0 Å². The number of nitrogens with one attached hydrogen (secondary N) is 2. The van der Waals surface area contributed by atoms with Crippen molar-refractivity contribution in [3.05, 3.63) is 41.3 Å². The first-order chi connectivity index (χ1) is 13.2. The average Bonchev–Trinajstić information content (AvgIpc) is 3.30. The van der Waals surface area contributed by atoms with Gasteiger partial charge in [0.15, 0.2) is 10.8 Å². The molecule has 9 heteroatoms. The molecular weight excluding hydrogens is 362 g/mol. The zero-order chi connectivity index (χ0) is 18.6. The highest BCUT2D eigenvalue weighted by Crippen LogP contribution is 2.26. The van der Waals surface area contributed by atoms with Gasteiger partial charge < -0.3 is 10.6 Å². The fourth-order valence-electron chi connectivity index (χ4n) is 3.18. The average molecular weight is 383 g/mol. The quantitative estimate of drug-likeness (QED) is 0.702. The standard InChI is InChI=1S/C18H21N7OS/c1-12-15(27-18(23-12)16-20-6-2-7-21-16)17(26)24-14-5-10-22-25(14)11-13-3-8-19-9-4-13/h2,5-7,10,13,19H,3-4,8-9,11H2,1H3,(H,24,26). The third-order valence-corrected chi connectivity index (χ3v) is 5.76. The van der Waals surface area contributed by atoms with Crippen LogP contribution in [0.1, 0.15) is 28.2 Å². The van der Waals surface area contributed by atoms with Gasteiger partial charge in [-0.1, -0.05) is 0 Å². The Labute approximate surface area is 161 Å². The van der Waals surface area contributed by atoms with E-state index in [0.717, 1.165) is 32.5 Å². The van der Waals surface area contributed by atoms with Crippen molar-refractivity contribution in [3.8, 4) is 10.8 Å². The van der Waals surface area contributed by atoms with Gasteiger partial charge in [0.1, 0.15) is 10.7 Å². The predicted octanol–water partition coefficient (Wildman–Crippen LogP) is 2.36. The lowest BCUT2D eigenvalue weighted by Crippen LogP contribution is -2.30. The zero-order valence-electron chi connectivity index (χ0n) is 15.1. The van der Waals surface area contributed by atoms with Gasteiger partial charge in [-0.2, -0.15) is 5.10 Å². The van der Waals surface area contributed by atoms with Gasteiger partial charge in [-0.05, 0) is 44.8 Å². The summed E-state index contributed by atoms with van der Waals surface area (Å²) in [5, 5.41) is 11.4. The van der Waals surface area contributed by atoms with E-state index in [1.54, 1.807) is 24.7 Å². The van der Waals surface area contributed by atoms with Gasteiger partial charge in [0.2, 0.25) is 0 Å². The Morgan fingerprint density at radius 1 is 1.30 bits per heavy atom. The van der Waals surface area contributed by atoms with Crippen molar-refractivity contribution >= 4 is 23.1 Å². The van der Waals surface area contributed by atoms with Crippen LogP contribution in [0.25, 0.3) is 10.8 Å². The summed E-state index contributed by atoms with van der Waals surface area (Å²) in [5.41, 5.74) is 0.671. The third-order valence-electron chi connectivity index (χ3n) is 4.61. The maximum atomic E-state index is 12.8. The fraction of sp³-hybridized carbons (Fsp3) is 0.389. The number of piperidine rings is 1. The molecule has 1 saturated heterocycles. The van der Waals surface area contributed by atoms with Gasteiger partial charge in [-0.25, -0.2) is 19.6 Å². The van der Waals surface area contributed by atoms with Crippen LogP contribution in [0.2, 0.25) is 0 Å². The molecule has 0 spiro atoms. The molecule has 27 heavy (non-hydrogen) atoms. The summed E-state index contributed by atoms with van der Waals surface area (Å²) in [6.07, 6.45) is 7.30. The summed E-state index contributed by atoms with van der Waals surface area (Å²) in [5.74, 6) is 1.64. The summed E-state index contributed by atoms with van der Waals surface area (Å²) in [4.78, 5) is 26.2. The number of rotatable bonds is 5. The minimum absolute atomic E-state index is 0.181. The van der Waals surface area contributed by atoms with Crippen LogP contribution in [-0.2, 0) is 6.54 Å². The molecule has 3 aromatic heterocycles. The van der Waals surface area contributed by atoms with Crippen molar-refractivity contribution in [3.63, 3.8) is 0 Å². The van der Waals surface area contributed by atoms with Crippen molar-refractivity contribution in [1.82, 2.24) is 30.0 Å². The summed E-state index contributed by atoms with van der Waals surface area (Å²) < 4.78 is 1.88. The lowest BCUT2D eigenvalue weighted by Gasteiger charge is -2.23. The normalized spacial score (nSPS) is 15.0. The number of thiazole rings is 1. The van der Waals surface area contributed by atoms with Gasteiger partial charge in [0.25, 0.3) is 5.91 Å². The molecule has 0 radical (unpaired) electrons. The molecule has 2 N–H and O–H groups in total. The molecule has 1 aliphatic rings. The minimum atomic E-state index is -0.181. The van der Waals surface area contributed by atoms with Crippen molar-refractivity contribution in [1.29, 1.82) is 0 Å². The lowest BCUT2D eigenvalue weighted by atomic mass is 9.98. The molecule has 140 valence electrons. The number of hydrogen-bond donors (Lipinski definition) is 2. The van der Waals surface area contributed by atoms with E-state index in [-0.39, 0.29) is 5.91 Å². The molecule has 1 fully saturated rings. The fourth-order valence-corrected chi connectivity index (χ4v) is 4.09. The van der Waals surface area contributed by atoms with Crippen LogP contribution in [0.5, 0.6) is 0 Å². The van der Waals surface area contributed by atoms with E-state index in [0.29, 0.717) is 33.1 Å². The molecule has 0 aliphatic carbocycles. The molecule has 0 saturated carbocycles. The second-order valence-corrected chi connectivity index (χ2v) is 7.55. The number of amides is 1. The van der Waals surface area contributed by atoms with Crippen molar-refractivity contribution in [2.75, 3.05) is 18.4 Å². The molecular formula is C18H21N7OS. The molecule has 1 aliphatic heterocycles. The van der Waals surface area contributed by atoms with Crippen LogP contribution in [0, 0.1) is 12.8 Å². The number of hydrogen-bond acceptors (Lipinski definition) is 7. The summed E-state index contributed by atoms with van der Waals surface area (Å²) in [6.45, 7) is 4.72. The van der Waals surface area contributed by atoms with E-state index in [9.17, 15) is 4.79 Å². The van der Waals surface area contributed by atoms with Gasteiger partial charge in [-0.15, -0.1) is 11.3 Å². The van der Waals surface area contributed by atoms with E-state index in [2.05, 4.69) is 30.7 Å². The smallest absolute Gasteiger partial charge is 0.268 e. The van der Waals surface area contributed by atoms with Crippen molar-refractivity contribution < 1.29 is 4.79 Å². The summed E-state index contributed by atoms with van der Waals surface area (Å²) in [6, 6.07) is 3.58. The predicted molar refractivity (Wildman–Crippen MR) is 104 cm³/mol. The molecule has 3 aromatic rings. The largest absolute Gasteiger partial charge is 0.317 e. The maximum Gasteiger partial charge on any atom is 0.268 e. The first-order valence-electron chi connectivity index (χ1n) is 8.99. The molecule has 1 amide bonds. The highest BCUT2D eigenvalue weighted by atomic mass is 32.1. The van der Waals surface area contributed by atoms with Crippen LogP contribution in [0.4, 0.5) is 5.82 Å². The highest BCUT2D eigenvalue weighted by molar-refractivity contribution is 7.17. The summed E-state index contributed by atoms with van der Waals surface area (Å²) >= 11 is 1.30. The van der Waals surface area contributed by atoms with Gasteiger partial charge in [0.05, 0.1) is 11.9 Å². The van der Waals surface area contributed by atoms with Crippen molar-refractivity contribution in [2.24, 2.45) is 5.92 Å². The van der Waals surface area contributed by atoms with Crippen LogP contribution in [0.15, 0.2) is 30.7 Å². The molecule has 8 nitrogen and oxygen atoms in total. The number of carbonyl (C=O) groups is 1. The number of nitrogens with zero attached hydrogens (tertiary/aromatic N) is 5. The Morgan fingerprint density at radius 3 is 2.85 bits per heavy atom. The molecule has 0 atom stereocenters. The molecule has 4 rings (SSSR count). The second kappa shape index (κ2) is 7.93. The lowest BCUT2D eigenvalue weighted by molar-refractivity contribution is 0.102. The van der Waals surface area contributed by atoms with Gasteiger partial charge in [0, 0.05) is 25.0 Å². The van der Waals surface area contributed by atoms with Crippen LogP contribution in [-0.4, -0.2) is 43.7 Å². The monoisotopic (exact) mass is 383 g/mol. The SMILES string of the molecule is Cc1nc(-c2ncccn2)sc1C(=O)Nc1ccnn1CC1CCNCC1. The molecule has 0 unspecified atom stereocenters. The third kappa shape index (κ3) is 4.04. The van der Waals surface area contributed by atoms with E-state index >= 15 is 0 Å². The van der Waals surface area contributed by atoms with Crippen LogP contribution in [0.3, 0.4) is 0 Å². The number of anilines is 1. The van der Waals surface area contributed by atoms with Gasteiger partial charge in [-0.3, -0.25) is 4.79 Å². The van der Waals surface area contributed by atoms with E-state index in [1.807, 2.05) is 17.7 Å². The van der Waals surface area contributed by atoms with Crippen molar-refractivity contribution in [2.45, 2.75) is 26.3 Å². The Bertz CT molecular complexity index is 915.